The van der Waals surface area contributed by atoms with E-state index in [4.69, 9.17) is 31.2 Å². The van der Waals surface area contributed by atoms with Crippen LogP contribution in [-0.4, -0.2) is 70.7 Å². The molecule has 6 rings (SSSR count). The quantitative estimate of drug-likeness (QED) is 0.236. The van der Waals surface area contributed by atoms with E-state index in [9.17, 15) is 4.79 Å². The van der Waals surface area contributed by atoms with Crippen molar-refractivity contribution in [2.75, 3.05) is 50.2 Å². The van der Waals surface area contributed by atoms with Gasteiger partial charge in [-0.3, -0.25) is 9.80 Å². The Bertz CT molecular complexity index is 1640. The van der Waals surface area contributed by atoms with E-state index in [1.807, 2.05) is 42.7 Å². The van der Waals surface area contributed by atoms with Gasteiger partial charge in [0.2, 0.25) is 0 Å². The predicted molar refractivity (Wildman–Crippen MR) is 171 cm³/mol. The fraction of sp³-hybridized carbons (Fsp3) is 0.333. The molecular weight excluding hydrogens is 578 g/mol. The fourth-order valence-corrected chi connectivity index (χ4v) is 6.01. The first-order valence-electron chi connectivity index (χ1n) is 14.7. The maximum Gasteiger partial charge on any atom is 0.336 e. The lowest BCUT2D eigenvalue weighted by molar-refractivity contribution is 0.184. The largest absolute Gasteiger partial charge is 0.496 e. The summed E-state index contributed by atoms with van der Waals surface area (Å²) in [6.45, 7) is 8.76. The molecule has 0 bridgehead atoms. The summed E-state index contributed by atoms with van der Waals surface area (Å²) in [6, 6.07) is 15.6. The minimum atomic E-state index is -0.228. The van der Waals surface area contributed by atoms with E-state index in [-0.39, 0.29) is 6.03 Å². The highest BCUT2D eigenvalue weighted by molar-refractivity contribution is 6.13. The maximum atomic E-state index is 14.2. The van der Waals surface area contributed by atoms with Crippen molar-refractivity contribution in [3.63, 3.8) is 0 Å². The van der Waals surface area contributed by atoms with Crippen LogP contribution in [0.2, 0.25) is 0 Å². The molecule has 0 radical (unpaired) electrons. The number of carbonyl (C=O) groups excluding carboxylic acids is 1. The van der Waals surface area contributed by atoms with Crippen molar-refractivity contribution >= 4 is 35.1 Å². The third-order valence-electron chi connectivity index (χ3n) is 8.17. The van der Waals surface area contributed by atoms with Crippen LogP contribution in [0, 0.1) is 13.8 Å². The minimum absolute atomic E-state index is 0.228. The van der Waals surface area contributed by atoms with Crippen LogP contribution in [0.4, 0.5) is 22.1 Å². The van der Waals surface area contributed by atoms with Gasteiger partial charge in [-0.05, 0) is 60.5 Å². The number of hydrogen-bond donors (Lipinski definition) is 0. The molecular formula is C33H36ClN7O3. The lowest BCUT2D eigenvalue weighted by Crippen LogP contribution is -2.46. The van der Waals surface area contributed by atoms with Crippen molar-refractivity contribution in [2.24, 2.45) is 0 Å². The molecule has 2 aliphatic heterocycles. The maximum absolute atomic E-state index is 14.2. The molecule has 0 saturated carbocycles. The number of fused-ring (bicyclic) bond motifs is 1. The Morgan fingerprint density at radius 3 is 2.36 bits per heavy atom. The zero-order chi connectivity index (χ0) is 30.8. The molecule has 2 aromatic heterocycles. The van der Waals surface area contributed by atoms with Gasteiger partial charge in [0.1, 0.15) is 23.1 Å². The zero-order valence-electron chi connectivity index (χ0n) is 25.5. The summed E-state index contributed by atoms with van der Waals surface area (Å²) in [5.74, 6) is 2.94. The van der Waals surface area contributed by atoms with Crippen LogP contribution in [-0.2, 0) is 19.5 Å². The molecule has 2 aliphatic rings. The molecule has 0 spiro atoms. The van der Waals surface area contributed by atoms with Gasteiger partial charge in [-0.25, -0.2) is 29.1 Å². The van der Waals surface area contributed by atoms with Gasteiger partial charge >= 0.3 is 6.03 Å². The van der Waals surface area contributed by atoms with Gasteiger partial charge in [0.25, 0.3) is 0 Å². The lowest BCUT2D eigenvalue weighted by Gasteiger charge is -2.36. The molecule has 228 valence electrons. The number of amides is 2. The summed E-state index contributed by atoms with van der Waals surface area (Å²) in [5.41, 5.74) is 5.87. The molecule has 2 amide bonds. The minimum Gasteiger partial charge on any atom is -0.496 e. The smallest absolute Gasteiger partial charge is 0.336 e. The molecule has 0 aliphatic carbocycles. The summed E-state index contributed by atoms with van der Waals surface area (Å²) in [4.78, 5) is 34.2. The second kappa shape index (κ2) is 12.8. The molecule has 0 unspecified atom stereocenters. The van der Waals surface area contributed by atoms with Gasteiger partial charge in [0.15, 0.2) is 5.82 Å². The number of aromatic nitrogens is 3. The number of carbonyl (C=O) groups is 1. The monoisotopic (exact) mass is 613 g/mol. The number of rotatable bonds is 8. The molecule has 1 saturated heterocycles. The van der Waals surface area contributed by atoms with Crippen LogP contribution in [0.3, 0.4) is 0 Å². The van der Waals surface area contributed by atoms with Gasteiger partial charge in [0, 0.05) is 56.5 Å². The number of ether oxygens (including phenoxy) is 2. The summed E-state index contributed by atoms with van der Waals surface area (Å²) < 4.78 is 12.9. The number of nitrogens with zero attached hydrogens (tertiary/aromatic N) is 7. The topological polar surface area (TPSA) is 87.2 Å². The van der Waals surface area contributed by atoms with Crippen molar-refractivity contribution in [1.29, 1.82) is 0 Å². The molecule has 0 N–H and O–H groups in total. The highest BCUT2D eigenvalue weighted by atomic mass is 35.5. The van der Waals surface area contributed by atoms with Gasteiger partial charge < -0.3 is 9.47 Å². The van der Waals surface area contributed by atoms with Crippen LogP contribution in [0.15, 0.2) is 60.9 Å². The molecule has 44 heavy (non-hydrogen) atoms. The van der Waals surface area contributed by atoms with E-state index in [0.717, 1.165) is 66.4 Å². The number of piperazine rings is 1. The van der Waals surface area contributed by atoms with Crippen LogP contribution >= 0.6 is 11.8 Å². The predicted octanol–water partition coefficient (Wildman–Crippen LogP) is 5.65. The number of anilines is 3. The standard InChI is InChI=1S/C33H36ClN7O3/c1-22-6-5-7-23(2)31(22)40-21-26-18-35-29(37-32(26)41(33(40)42)30-11-10-27(43-3)19-36-30)17-25-9-8-24(16-28(25)44-4)20-38-12-14-39(34)15-13-38/h5-11,16,18-19H,12-15,17,20-21H2,1-4H3. The summed E-state index contributed by atoms with van der Waals surface area (Å²) >= 11 is 6.13. The molecule has 10 nitrogen and oxygen atoms in total. The average Bonchev–Trinajstić information content (AvgIpc) is 3.03. The SMILES string of the molecule is COc1ccc(N2C(=O)N(c3c(C)cccc3C)Cc3cnc(Cc4ccc(CN5CCN(Cl)CC5)cc4OC)nc32)nc1. The van der Waals surface area contributed by atoms with E-state index in [1.165, 1.54) is 5.56 Å². The number of aryl methyl sites for hydroxylation is 2. The first kappa shape index (κ1) is 29.8. The van der Waals surface area contributed by atoms with Crippen LogP contribution in [0.5, 0.6) is 11.5 Å². The molecule has 1 fully saturated rings. The summed E-state index contributed by atoms with van der Waals surface area (Å²) in [7, 11) is 3.27. The van der Waals surface area contributed by atoms with Crippen LogP contribution in [0.25, 0.3) is 0 Å². The van der Waals surface area contributed by atoms with E-state index >= 15 is 0 Å². The summed E-state index contributed by atoms with van der Waals surface area (Å²) in [5, 5.41) is 0. The second-order valence-corrected chi connectivity index (χ2v) is 11.6. The van der Waals surface area contributed by atoms with Gasteiger partial charge in [-0.2, -0.15) is 0 Å². The van der Waals surface area contributed by atoms with Gasteiger partial charge in [0.05, 0.1) is 32.6 Å². The number of urea groups is 1. The Morgan fingerprint density at radius 1 is 0.909 bits per heavy atom. The van der Waals surface area contributed by atoms with Crippen molar-refractivity contribution in [1.82, 2.24) is 24.3 Å². The van der Waals surface area contributed by atoms with E-state index < -0.39 is 0 Å². The Labute approximate surface area is 262 Å². The third kappa shape index (κ3) is 6.06. The molecule has 11 heteroatoms. The van der Waals surface area contributed by atoms with E-state index in [0.29, 0.717) is 36.2 Å². The Balaban J connectivity index is 1.32. The second-order valence-electron chi connectivity index (χ2n) is 11.1. The third-order valence-corrected chi connectivity index (χ3v) is 8.51. The highest BCUT2D eigenvalue weighted by Crippen LogP contribution is 2.37. The van der Waals surface area contributed by atoms with Crippen molar-refractivity contribution in [3.05, 3.63) is 94.6 Å². The molecule has 4 aromatic rings. The van der Waals surface area contributed by atoms with E-state index in [2.05, 4.69) is 28.1 Å². The zero-order valence-corrected chi connectivity index (χ0v) is 26.2. The fourth-order valence-electron chi connectivity index (χ4n) is 5.85. The van der Waals surface area contributed by atoms with Crippen molar-refractivity contribution < 1.29 is 14.3 Å². The van der Waals surface area contributed by atoms with Gasteiger partial charge in [-0.15, -0.1) is 0 Å². The Morgan fingerprint density at radius 2 is 1.68 bits per heavy atom. The number of para-hydroxylation sites is 1. The van der Waals surface area contributed by atoms with Crippen LogP contribution in [0.1, 0.15) is 33.6 Å². The number of methoxy groups -OCH3 is 2. The molecule has 2 aromatic carbocycles. The Kier molecular flexibility index (Phi) is 8.65. The lowest BCUT2D eigenvalue weighted by atomic mass is 10.1. The number of hydrogen-bond acceptors (Lipinski definition) is 8. The highest BCUT2D eigenvalue weighted by Gasteiger charge is 2.36. The molecule has 0 atom stereocenters. The first-order valence-corrected chi connectivity index (χ1v) is 15.0. The van der Waals surface area contributed by atoms with Crippen molar-refractivity contribution in [3.8, 4) is 11.5 Å². The van der Waals surface area contributed by atoms with Crippen molar-refractivity contribution in [2.45, 2.75) is 33.4 Å². The summed E-state index contributed by atoms with van der Waals surface area (Å²) in [6.07, 6.45) is 3.86. The number of halogens is 1. The molecule has 4 heterocycles. The number of pyridine rings is 1. The Hall–Kier alpha value is -4.25. The number of benzene rings is 2. The normalized spacial score (nSPS) is 15.8. The average molecular weight is 614 g/mol. The van der Waals surface area contributed by atoms with Gasteiger partial charge in [-0.1, -0.05) is 30.3 Å². The van der Waals surface area contributed by atoms with E-state index in [1.54, 1.807) is 42.3 Å². The first-order chi connectivity index (χ1) is 21.3. The van der Waals surface area contributed by atoms with Crippen LogP contribution < -0.4 is 19.3 Å².